The number of hydrogen-bond donors (Lipinski definition) is 1. The normalized spacial score (nSPS) is 12.7. The van der Waals surface area contributed by atoms with Crippen molar-refractivity contribution < 1.29 is 23.8 Å². The average molecular weight is 451 g/mol. The molecule has 1 atom stereocenters. The van der Waals surface area contributed by atoms with Crippen LogP contribution < -0.4 is 4.74 Å². The molecule has 33 heavy (non-hydrogen) atoms. The second kappa shape index (κ2) is 9.82. The van der Waals surface area contributed by atoms with Gasteiger partial charge < -0.3 is 14.3 Å². The minimum absolute atomic E-state index is 0.0113. The molecule has 5 heteroatoms. The molecule has 3 rings (SSSR count). The third-order valence-corrected chi connectivity index (χ3v) is 6.33. The lowest BCUT2D eigenvalue weighted by molar-refractivity contribution is -0.128. The minimum atomic E-state index is -1.04. The van der Waals surface area contributed by atoms with Crippen molar-refractivity contribution in [1.82, 2.24) is 0 Å². The van der Waals surface area contributed by atoms with E-state index in [0.717, 1.165) is 36.0 Å². The Kier molecular flexibility index (Phi) is 7.31. The molecular weight excluding hydrogens is 416 g/mol. The SMILES string of the molecule is CCC(CCc1ccc(OCC(=O)C(C)(C)C)c(C)c1)c1ccc2oc(C(=O)O)c(C)c2c1. The lowest BCUT2D eigenvalue weighted by Crippen LogP contribution is -2.26. The number of carbonyl (C=O) groups excluding carboxylic acids is 1. The summed E-state index contributed by atoms with van der Waals surface area (Å²) in [6, 6.07) is 12.1. The third kappa shape index (κ3) is 5.65. The smallest absolute Gasteiger partial charge is 0.372 e. The molecule has 1 unspecified atom stereocenters. The second-order valence-corrected chi connectivity index (χ2v) is 9.82. The molecule has 0 radical (unpaired) electrons. The van der Waals surface area contributed by atoms with Gasteiger partial charge in [0, 0.05) is 16.4 Å². The zero-order chi connectivity index (χ0) is 24.3. The number of fused-ring (bicyclic) bond motifs is 1. The van der Waals surface area contributed by atoms with Crippen LogP contribution in [-0.4, -0.2) is 23.5 Å². The highest BCUT2D eigenvalue weighted by Gasteiger charge is 2.22. The summed E-state index contributed by atoms with van der Waals surface area (Å²) in [5.41, 5.74) is 4.33. The van der Waals surface area contributed by atoms with Gasteiger partial charge in [-0.3, -0.25) is 4.79 Å². The fourth-order valence-corrected chi connectivity index (χ4v) is 4.03. The summed E-state index contributed by atoms with van der Waals surface area (Å²) in [5, 5.41) is 10.2. The van der Waals surface area contributed by atoms with E-state index in [-0.39, 0.29) is 18.2 Å². The standard InChI is InChI=1S/C28H34O5/c1-7-20(21-11-13-24-22(15-21)18(3)26(33-24)27(30)31)10-8-19-9-12-23(17(2)14-19)32-16-25(29)28(4,5)6/h9,11-15,20H,7-8,10,16H2,1-6H3,(H,30,31). The van der Waals surface area contributed by atoms with E-state index >= 15 is 0 Å². The van der Waals surface area contributed by atoms with E-state index in [4.69, 9.17) is 9.15 Å². The largest absolute Gasteiger partial charge is 0.486 e. The van der Waals surface area contributed by atoms with Gasteiger partial charge in [-0.2, -0.15) is 0 Å². The molecule has 1 aromatic heterocycles. The Morgan fingerprint density at radius 3 is 2.42 bits per heavy atom. The lowest BCUT2D eigenvalue weighted by atomic mass is 9.89. The maximum atomic E-state index is 12.1. The maximum absolute atomic E-state index is 12.1. The highest BCUT2D eigenvalue weighted by Crippen LogP contribution is 2.32. The molecule has 0 amide bonds. The highest BCUT2D eigenvalue weighted by molar-refractivity contribution is 5.95. The Morgan fingerprint density at radius 2 is 1.82 bits per heavy atom. The van der Waals surface area contributed by atoms with Gasteiger partial charge in [-0.05, 0) is 73.9 Å². The number of benzene rings is 2. The van der Waals surface area contributed by atoms with Gasteiger partial charge in [0.2, 0.25) is 5.76 Å². The van der Waals surface area contributed by atoms with Crippen molar-refractivity contribution in [3.05, 3.63) is 64.4 Å². The van der Waals surface area contributed by atoms with Crippen LogP contribution in [0.25, 0.3) is 11.0 Å². The van der Waals surface area contributed by atoms with Crippen LogP contribution in [0.3, 0.4) is 0 Å². The zero-order valence-corrected chi connectivity index (χ0v) is 20.5. The number of ketones is 1. The number of carbonyl (C=O) groups is 2. The van der Waals surface area contributed by atoms with E-state index in [1.165, 1.54) is 11.1 Å². The Hall–Kier alpha value is -3.08. The highest BCUT2D eigenvalue weighted by atomic mass is 16.5. The van der Waals surface area contributed by atoms with E-state index in [2.05, 4.69) is 25.1 Å². The molecule has 0 aliphatic rings. The van der Waals surface area contributed by atoms with Gasteiger partial charge in [-0.15, -0.1) is 0 Å². The lowest BCUT2D eigenvalue weighted by Gasteiger charge is -2.18. The monoisotopic (exact) mass is 450 g/mol. The van der Waals surface area contributed by atoms with Crippen molar-refractivity contribution >= 4 is 22.7 Å². The molecule has 0 saturated heterocycles. The third-order valence-electron chi connectivity index (χ3n) is 6.33. The number of furan rings is 1. The Bertz CT molecular complexity index is 1160. The molecule has 0 spiro atoms. The number of hydrogen-bond acceptors (Lipinski definition) is 4. The van der Waals surface area contributed by atoms with E-state index in [0.29, 0.717) is 17.1 Å². The first-order chi connectivity index (χ1) is 15.5. The fourth-order valence-electron chi connectivity index (χ4n) is 4.03. The van der Waals surface area contributed by atoms with Gasteiger partial charge in [-0.1, -0.05) is 45.9 Å². The summed E-state index contributed by atoms with van der Waals surface area (Å²) in [6.45, 7) is 11.8. The quantitative estimate of drug-likeness (QED) is 0.385. The Balaban J connectivity index is 1.69. The summed E-state index contributed by atoms with van der Waals surface area (Å²) in [7, 11) is 0. The summed E-state index contributed by atoms with van der Waals surface area (Å²) in [5.74, 6) is 0.160. The number of ether oxygens (including phenoxy) is 1. The van der Waals surface area contributed by atoms with E-state index < -0.39 is 11.4 Å². The summed E-state index contributed by atoms with van der Waals surface area (Å²) < 4.78 is 11.3. The molecule has 2 aromatic carbocycles. The zero-order valence-electron chi connectivity index (χ0n) is 20.5. The van der Waals surface area contributed by atoms with Gasteiger partial charge in [0.15, 0.2) is 5.78 Å². The number of aryl methyl sites for hydroxylation is 3. The Labute approximate surface area is 195 Å². The summed E-state index contributed by atoms with van der Waals surface area (Å²) in [6.07, 6.45) is 2.89. The van der Waals surface area contributed by atoms with Crippen LogP contribution in [0, 0.1) is 19.3 Å². The van der Waals surface area contributed by atoms with Gasteiger partial charge in [-0.25, -0.2) is 4.79 Å². The number of aromatic carboxylic acids is 1. The van der Waals surface area contributed by atoms with Gasteiger partial charge in [0.1, 0.15) is 17.9 Å². The van der Waals surface area contributed by atoms with E-state index in [1.54, 1.807) is 6.92 Å². The van der Waals surface area contributed by atoms with E-state index in [1.807, 2.05) is 45.9 Å². The van der Waals surface area contributed by atoms with Crippen molar-refractivity contribution in [1.29, 1.82) is 0 Å². The number of carboxylic acid groups (broad SMARTS) is 1. The van der Waals surface area contributed by atoms with E-state index in [9.17, 15) is 14.7 Å². The van der Waals surface area contributed by atoms with Crippen molar-refractivity contribution in [3.63, 3.8) is 0 Å². The Morgan fingerprint density at radius 1 is 1.09 bits per heavy atom. The molecule has 1 N–H and O–H groups in total. The minimum Gasteiger partial charge on any atom is -0.486 e. The molecule has 5 nitrogen and oxygen atoms in total. The van der Waals surface area contributed by atoms with Crippen LogP contribution in [0.1, 0.15) is 79.3 Å². The first-order valence-electron chi connectivity index (χ1n) is 11.5. The fraction of sp³-hybridized carbons (Fsp3) is 0.429. The van der Waals surface area contributed by atoms with Crippen molar-refractivity contribution in [2.75, 3.05) is 6.61 Å². The first-order valence-corrected chi connectivity index (χ1v) is 11.5. The van der Waals surface area contributed by atoms with Crippen LogP contribution in [0.4, 0.5) is 0 Å². The van der Waals surface area contributed by atoms with Crippen LogP contribution in [0.15, 0.2) is 40.8 Å². The molecule has 0 aliphatic carbocycles. The molecule has 0 bridgehead atoms. The topological polar surface area (TPSA) is 76.7 Å². The first kappa shape index (κ1) is 24.6. The molecule has 0 saturated carbocycles. The van der Waals surface area contributed by atoms with Gasteiger partial charge in [0.25, 0.3) is 0 Å². The molecule has 3 aromatic rings. The second-order valence-electron chi connectivity index (χ2n) is 9.82. The number of carboxylic acids is 1. The molecular formula is C28H34O5. The predicted molar refractivity (Wildman–Crippen MR) is 130 cm³/mol. The van der Waals surface area contributed by atoms with Gasteiger partial charge in [0.05, 0.1) is 0 Å². The van der Waals surface area contributed by atoms with Crippen LogP contribution in [-0.2, 0) is 11.2 Å². The van der Waals surface area contributed by atoms with Crippen LogP contribution >= 0.6 is 0 Å². The van der Waals surface area contributed by atoms with Crippen molar-refractivity contribution in [2.45, 2.75) is 66.7 Å². The average Bonchev–Trinajstić information content (AvgIpc) is 3.09. The summed E-state index contributed by atoms with van der Waals surface area (Å²) in [4.78, 5) is 23.5. The number of Topliss-reactive ketones (excluding diaryl/α,β-unsaturated/α-hetero) is 1. The predicted octanol–water partition coefficient (Wildman–Crippen LogP) is 6.87. The van der Waals surface area contributed by atoms with Gasteiger partial charge >= 0.3 is 5.97 Å². The van der Waals surface area contributed by atoms with Crippen LogP contribution in [0.2, 0.25) is 0 Å². The molecule has 0 fully saturated rings. The maximum Gasteiger partial charge on any atom is 0.372 e. The molecule has 176 valence electrons. The van der Waals surface area contributed by atoms with Crippen molar-refractivity contribution in [3.8, 4) is 5.75 Å². The molecule has 0 aliphatic heterocycles. The number of rotatable bonds is 9. The molecule has 1 heterocycles. The summed E-state index contributed by atoms with van der Waals surface area (Å²) >= 11 is 0. The van der Waals surface area contributed by atoms with Crippen molar-refractivity contribution in [2.24, 2.45) is 5.41 Å². The van der Waals surface area contributed by atoms with Crippen LogP contribution in [0.5, 0.6) is 5.75 Å².